The van der Waals surface area contributed by atoms with Crippen molar-refractivity contribution < 1.29 is 19.1 Å². The number of hydrogen-bond donors (Lipinski definition) is 1. The molecule has 0 aliphatic heterocycles. The van der Waals surface area contributed by atoms with Crippen molar-refractivity contribution >= 4 is 50.6 Å². The van der Waals surface area contributed by atoms with Gasteiger partial charge in [0.1, 0.15) is 10.8 Å². The number of halogens is 1. The Morgan fingerprint density at radius 1 is 1.33 bits per heavy atom. The van der Waals surface area contributed by atoms with E-state index in [4.69, 9.17) is 21.1 Å². The Hall–Kier alpha value is -2.91. The van der Waals surface area contributed by atoms with Crippen LogP contribution in [0.3, 0.4) is 0 Å². The fourth-order valence-electron chi connectivity index (χ4n) is 2.83. The first-order chi connectivity index (χ1) is 14.5. The van der Waals surface area contributed by atoms with Crippen LogP contribution >= 0.6 is 22.9 Å². The van der Waals surface area contributed by atoms with Gasteiger partial charge in [-0.15, -0.1) is 22.9 Å². The lowest BCUT2D eigenvalue weighted by Gasteiger charge is -2.10. The predicted molar refractivity (Wildman–Crippen MR) is 116 cm³/mol. The topological polar surface area (TPSA) is 99.5 Å². The monoisotopic (exact) mass is 449 g/mol. The number of nitrogens with zero attached hydrogens (tertiary/aromatic N) is 2. The summed E-state index contributed by atoms with van der Waals surface area (Å²) in [5, 5.41) is 9.48. The molecule has 0 fully saturated rings. The number of amides is 1. The average molecular weight is 450 g/mol. The van der Waals surface area contributed by atoms with Crippen LogP contribution in [0.2, 0.25) is 0 Å². The summed E-state index contributed by atoms with van der Waals surface area (Å²) in [6.07, 6.45) is 0.739. The summed E-state index contributed by atoms with van der Waals surface area (Å²) in [6, 6.07) is 6.73. The Labute approximate surface area is 181 Å². The minimum Gasteiger partial charge on any atom is -0.497 e. The molecular weight excluding hydrogens is 430 g/mol. The zero-order valence-corrected chi connectivity index (χ0v) is 18.0. The lowest BCUT2D eigenvalue weighted by atomic mass is 10.2. The molecule has 0 atom stereocenters. The van der Waals surface area contributed by atoms with Crippen molar-refractivity contribution in [1.82, 2.24) is 9.78 Å². The summed E-state index contributed by atoms with van der Waals surface area (Å²) in [6.45, 7) is 1.84. The van der Waals surface area contributed by atoms with Gasteiger partial charge in [-0.2, -0.15) is 9.78 Å². The molecule has 0 aliphatic carbocycles. The standard InChI is InChI=1S/C20H20ClN3O5S/c1-3-29-20(27)17-14-11-30-18(22-15(25)8-5-9-21)16(14)19(26)24(23-17)12-6-4-7-13(10-12)28-2/h4,6-7,10-11H,3,5,8-9H2,1-2H3,(H,22,25). The van der Waals surface area contributed by atoms with Crippen LogP contribution in [-0.2, 0) is 9.53 Å². The second-order valence-electron chi connectivity index (χ2n) is 6.18. The van der Waals surface area contributed by atoms with Gasteiger partial charge in [-0.3, -0.25) is 9.59 Å². The summed E-state index contributed by atoms with van der Waals surface area (Å²) >= 11 is 6.80. The number of hydrogen-bond acceptors (Lipinski definition) is 7. The van der Waals surface area contributed by atoms with E-state index in [2.05, 4.69) is 10.4 Å². The highest BCUT2D eigenvalue weighted by Gasteiger charge is 2.23. The Kier molecular flexibility index (Phi) is 7.07. The van der Waals surface area contributed by atoms with E-state index in [1.165, 1.54) is 7.11 Å². The number of rotatable bonds is 8. The Bertz CT molecular complexity index is 1140. The molecule has 0 spiro atoms. The third-order valence-electron chi connectivity index (χ3n) is 4.21. The molecule has 0 unspecified atom stereocenters. The van der Waals surface area contributed by atoms with Crippen molar-refractivity contribution in [1.29, 1.82) is 0 Å². The van der Waals surface area contributed by atoms with E-state index < -0.39 is 11.5 Å². The maximum Gasteiger partial charge on any atom is 0.359 e. The zero-order valence-electron chi connectivity index (χ0n) is 16.4. The largest absolute Gasteiger partial charge is 0.497 e. The van der Waals surface area contributed by atoms with Crippen molar-refractivity contribution in [3.63, 3.8) is 0 Å². The number of methoxy groups -OCH3 is 1. The third kappa shape index (κ3) is 4.47. The Morgan fingerprint density at radius 3 is 2.83 bits per heavy atom. The molecule has 10 heteroatoms. The molecule has 3 rings (SSSR count). The number of ether oxygens (including phenoxy) is 2. The van der Waals surface area contributed by atoms with Crippen LogP contribution in [0.15, 0.2) is 34.4 Å². The maximum atomic E-state index is 13.3. The Morgan fingerprint density at radius 2 is 2.13 bits per heavy atom. The van der Waals surface area contributed by atoms with Crippen LogP contribution in [0, 0.1) is 0 Å². The molecule has 158 valence electrons. The number of anilines is 1. The van der Waals surface area contributed by atoms with Gasteiger partial charge in [0.2, 0.25) is 5.91 Å². The summed E-state index contributed by atoms with van der Waals surface area (Å²) in [7, 11) is 1.51. The van der Waals surface area contributed by atoms with Gasteiger partial charge in [-0.25, -0.2) is 4.79 Å². The molecular formula is C20H20ClN3O5S. The minimum absolute atomic E-state index is 0.00761. The quantitative estimate of drug-likeness (QED) is 0.416. The van der Waals surface area contributed by atoms with Gasteiger partial charge in [-0.1, -0.05) is 6.07 Å². The first-order valence-corrected chi connectivity index (χ1v) is 10.6. The first kappa shape index (κ1) is 21.8. The van der Waals surface area contributed by atoms with Crippen LogP contribution in [0.25, 0.3) is 16.5 Å². The third-order valence-corrected chi connectivity index (χ3v) is 5.37. The van der Waals surface area contributed by atoms with Crippen molar-refractivity contribution in [2.45, 2.75) is 19.8 Å². The fourth-order valence-corrected chi connectivity index (χ4v) is 3.91. The molecule has 8 nitrogen and oxygen atoms in total. The number of nitrogens with one attached hydrogen (secondary N) is 1. The van der Waals surface area contributed by atoms with E-state index in [1.54, 1.807) is 36.6 Å². The number of fused-ring (bicyclic) bond motifs is 1. The van der Waals surface area contributed by atoms with Crippen molar-refractivity contribution in [2.24, 2.45) is 0 Å². The first-order valence-electron chi connectivity index (χ1n) is 9.22. The second-order valence-corrected chi connectivity index (χ2v) is 7.44. The number of esters is 1. The molecule has 0 bridgehead atoms. The predicted octanol–water partition coefficient (Wildman–Crippen LogP) is 3.59. The molecule has 1 N–H and O–H groups in total. The van der Waals surface area contributed by atoms with Gasteiger partial charge >= 0.3 is 5.97 Å². The SMILES string of the molecule is CCOC(=O)c1nn(-c2cccc(OC)c2)c(=O)c2c(NC(=O)CCCCl)scc12. The summed E-state index contributed by atoms with van der Waals surface area (Å²) in [5.41, 5.74) is -0.0654. The minimum atomic E-state index is -0.656. The summed E-state index contributed by atoms with van der Waals surface area (Å²) in [4.78, 5) is 38.0. The maximum absolute atomic E-state index is 13.3. The number of alkyl halides is 1. The molecule has 0 aliphatic rings. The molecule has 3 aromatic rings. The van der Waals surface area contributed by atoms with Gasteiger partial charge in [0.15, 0.2) is 5.69 Å². The fraction of sp³-hybridized carbons (Fsp3) is 0.300. The normalized spacial score (nSPS) is 10.8. The van der Waals surface area contributed by atoms with Gasteiger partial charge in [0, 0.05) is 29.1 Å². The van der Waals surface area contributed by atoms with Gasteiger partial charge < -0.3 is 14.8 Å². The van der Waals surface area contributed by atoms with Gasteiger partial charge in [-0.05, 0) is 25.5 Å². The average Bonchev–Trinajstić information content (AvgIpc) is 3.16. The lowest BCUT2D eigenvalue weighted by molar-refractivity contribution is -0.116. The van der Waals surface area contributed by atoms with E-state index in [1.807, 2.05) is 0 Å². The number of thiophene rings is 1. The number of carbonyl (C=O) groups excluding carboxylic acids is 2. The summed E-state index contributed by atoms with van der Waals surface area (Å²) in [5.74, 6) is -0.0323. The van der Waals surface area contributed by atoms with Crippen LogP contribution in [-0.4, -0.2) is 41.3 Å². The van der Waals surface area contributed by atoms with Gasteiger partial charge in [0.25, 0.3) is 5.56 Å². The van der Waals surface area contributed by atoms with E-state index in [9.17, 15) is 14.4 Å². The van der Waals surface area contributed by atoms with Crippen LogP contribution < -0.4 is 15.6 Å². The molecule has 1 aromatic carbocycles. The highest BCUT2D eigenvalue weighted by Crippen LogP contribution is 2.31. The smallest absolute Gasteiger partial charge is 0.359 e. The molecule has 0 saturated heterocycles. The van der Waals surface area contributed by atoms with Crippen LogP contribution in [0.1, 0.15) is 30.3 Å². The second kappa shape index (κ2) is 9.73. The molecule has 2 aromatic heterocycles. The van der Waals surface area contributed by atoms with Gasteiger partial charge in [0.05, 0.1) is 24.8 Å². The highest BCUT2D eigenvalue weighted by atomic mass is 35.5. The van der Waals surface area contributed by atoms with E-state index >= 15 is 0 Å². The number of benzene rings is 1. The Balaban J connectivity index is 2.20. The highest BCUT2D eigenvalue weighted by molar-refractivity contribution is 7.16. The number of aromatic nitrogens is 2. The van der Waals surface area contributed by atoms with E-state index in [-0.39, 0.29) is 30.0 Å². The number of carbonyl (C=O) groups is 2. The summed E-state index contributed by atoms with van der Waals surface area (Å²) < 4.78 is 11.4. The molecule has 0 radical (unpaired) electrons. The molecule has 1 amide bonds. The molecule has 30 heavy (non-hydrogen) atoms. The van der Waals surface area contributed by atoms with Crippen molar-refractivity contribution in [3.8, 4) is 11.4 Å². The van der Waals surface area contributed by atoms with Crippen molar-refractivity contribution in [2.75, 3.05) is 24.9 Å². The molecule has 2 heterocycles. The van der Waals surface area contributed by atoms with Crippen LogP contribution in [0.4, 0.5) is 5.00 Å². The van der Waals surface area contributed by atoms with Crippen molar-refractivity contribution in [3.05, 3.63) is 45.7 Å². The lowest BCUT2D eigenvalue weighted by Crippen LogP contribution is -2.25. The molecule has 0 saturated carbocycles. The zero-order chi connectivity index (χ0) is 21.7. The van der Waals surface area contributed by atoms with E-state index in [0.29, 0.717) is 34.1 Å². The van der Waals surface area contributed by atoms with E-state index in [0.717, 1.165) is 16.0 Å². The van der Waals surface area contributed by atoms with Crippen LogP contribution in [0.5, 0.6) is 5.75 Å².